The smallest absolute Gasteiger partial charge is 0.307 e. The molecule has 0 aliphatic carbocycles. The quantitative estimate of drug-likeness (QED) is 0.797. The minimum atomic E-state index is -0.329. The second-order valence-electron chi connectivity index (χ2n) is 4.43. The first-order chi connectivity index (χ1) is 9.63. The summed E-state index contributed by atoms with van der Waals surface area (Å²) < 4.78 is 4.57. The van der Waals surface area contributed by atoms with Crippen molar-refractivity contribution < 1.29 is 14.3 Å². The van der Waals surface area contributed by atoms with E-state index >= 15 is 0 Å². The van der Waals surface area contributed by atoms with E-state index in [0.29, 0.717) is 12.1 Å². The van der Waals surface area contributed by atoms with Crippen LogP contribution in [0.2, 0.25) is 0 Å². The van der Waals surface area contributed by atoms with E-state index in [-0.39, 0.29) is 18.3 Å². The van der Waals surface area contributed by atoms with Crippen LogP contribution in [0, 0.1) is 0 Å². The summed E-state index contributed by atoms with van der Waals surface area (Å²) in [5.41, 5.74) is 1.36. The summed E-state index contributed by atoms with van der Waals surface area (Å²) in [6.45, 7) is 0.322. The van der Waals surface area contributed by atoms with E-state index in [9.17, 15) is 9.59 Å². The van der Waals surface area contributed by atoms with Gasteiger partial charge in [0.1, 0.15) is 0 Å². The Kier molecular flexibility index (Phi) is 4.30. The Labute approximate surface area is 117 Å². The first-order valence-corrected chi connectivity index (χ1v) is 6.29. The maximum atomic E-state index is 12.4. The summed E-state index contributed by atoms with van der Waals surface area (Å²) in [6.07, 6.45) is 1.87. The first kappa shape index (κ1) is 14.0. The number of ether oxygens (including phenoxy) is 1. The highest BCUT2D eigenvalue weighted by atomic mass is 16.5. The number of nitrogens with zero attached hydrogens (tertiary/aromatic N) is 2. The van der Waals surface area contributed by atoms with E-state index in [2.05, 4.69) is 9.72 Å². The van der Waals surface area contributed by atoms with Crippen molar-refractivity contribution in [2.45, 2.75) is 6.42 Å². The standard InChI is InChI=1S/C15H16N2O3/c1-17(10-8-14(18)20-2)15(19)12-5-3-7-13-11(12)6-4-9-16-13/h3-7,9H,8,10H2,1-2H3. The number of pyridine rings is 1. The van der Waals surface area contributed by atoms with Crippen molar-refractivity contribution in [3.05, 3.63) is 42.1 Å². The van der Waals surface area contributed by atoms with Gasteiger partial charge >= 0.3 is 5.97 Å². The van der Waals surface area contributed by atoms with Crippen LogP contribution in [0.1, 0.15) is 16.8 Å². The lowest BCUT2D eigenvalue weighted by atomic mass is 10.1. The number of benzene rings is 1. The molecule has 2 rings (SSSR count). The summed E-state index contributed by atoms with van der Waals surface area (Å²) in [7, 11) is 3.00. The molecule has 5 nitrogen and oxygen atoms in total. The van der Waals surface area contributed by atoms with Crippen LogP contribution >= 0.6 is 0 Å². The molecule has 0 saturated carbocycles. The third kappa shape index (κ3) is 2.93. The molecule has 0 N–H and O–H groups in total. The fourth-order valence-electron chi connectivity index (χ4n) is 1.96. The monoisotopic (exact) mass is 272 g/mol. The third-order valence-corrected chi connectivity index (χ3v) is 3.10. The van der Waals surface area contributed by atoms with Crippen LogP contribution in [0.4, 0.5) is 0 Å². The van der Waals surface area contributed by atoms with Crippen LogP contribution in [-0.2, 0) is 9.53 Å². The molecule has 1 aromatic heterocycles. The molecule has 5 heteroatoms. The highest BCUT2D eigenvalue weighted by Gasteiger charge is 2.15. The van der Waals surface area contributed by atoms with Gasteiger partial charge in [-0.15, -0.1) is 0 Å². The predicted octanol–water partition coefficient (Wildman–Crippen LogP) is 1.87. The molecule has 1 heterocycles. The minimum Gasteiger partial charge on any atom is -0.469 e. The molecule has 2 aromatic rings. The molecule has 0 spiro atoms. The average Bonchev–Trinajstić information content (AvgIpc) is 2.50. The van der Waals surface area contributed by atoms with E-state index in [4.69, 9.17) is 0 Å². The van der Waals surface area contributed by atoms with Crippen LogP contribution in [0.5, 0.6) is 0 Å². The highest BCUT2D eigenvalue weighted by Crippen LogP contribution is 2.17. The Morgan fingerprint density at radius 2 is 2.05 bits per heavy atom. The van der Waals surface area contributed by atoms with E-state index < -0.39 is 0 Å². The number of amides is 1. The van der Waals surface area contributed by atoms with Gasteiger partial charge in [0.25, 0.3) is 5.91 Å². The summed E-state index contributed by atoms with van der Waals surface area (Å²) in [4.78, 5) is 29.3. The van der Waals surface area contributed by atoms with Gasteiger partial charge in [0.15, 0.2) is 0 Å². The molecule has 0 unspecified atom stereocenters. The minimum absolute atomic E-state index is 0.132. The molecule has 0 fully saturated rings. The van der Waals surface area contributed by atoms with Gasteiger partial charge in [0.2, 0.25) is 0 Å². The zero-order valence-electron chi connectivity index (χ0n) is 11.5. The van der Waals surface area contributed by atoms with Crippen LogP contribution in [0.25, 0.3) is 10.9 Å². The lowest BCUT2D eigenvalue weighted by Gasteiger charge is -2.17. The lowest BCUT2D eigenvalue weighted by Crippen LogP contribution is -2.29. The van der Waals surface area contributed by atoms with Gasteiger partial charge in [-0.3, -0.25) is 14.6 Å². The molecule has 20 heavy (non-hydrogen) atoms. The highest BCUT2D eigenvalue weighted by molar-refractivity contribution is 6.06. The largest absolute Gasteiger partial charge is 0.469 e. The van der Waals surface area contributed by atoms with E-state index in [1.807, 2.05) is 12.1 Å². The molecule has 0 radical (unpaired) electrons. The summed E-state index contributed by atoms with van der Waals surface area (Å²) in [5.74, 6) is -0.461. The summed E-state index contributed by atoms with van der Waals surface area (Å²) in [5, 5.41) is 0.810. The van der Waals surface area contributed by atoms with Crippen LogP contribution in [0.3, 0.4) is 0 Å². The van der Waals surface area contributed by atoms with Gasteiger partial charge in [-0.05, 0) is 18.2 Å². The summed E-state index contributed by atoms with van der Waals surface area (Å²) >= 11 is 0. The number of rotatable bonds is 4. The Bertz CT molecular complexity index is 635. The molecular formula is C15H16N2O3. The van der Waals surface area contributed by atoms with Crippen molar-refractivity contribution in [3.63, 3.8) is 0 Å². The number of hydrogen-bond donors (Lipinski definition) is 0. The Balaban J connectivity index is 2.21. The fourth-order valence-corrected chi connectivity index (χ4v) is 1.96. The molecular weight excluding hydrogens is 256 g/mol. The SMILES string of the molecule is COC(=O)CCN(C)C(=O)c1cccc2ncccc12. The lowest BCUT2D eigenvalue weighted by molar-refractivity contribution is -0.140. The zero-order chi connectivity index (χ0) is 14.5. The molecule has 0 aliphatic rings. The van der Waals surface area contributed by atoms with E-state index in [0.717, 1.165) is 10.9 Å². The van der Waals surface area contributed by atoms with Crippen molar-refractivity contribution in [1.29, 1.82) is 0 Å². The van der Waals surface area contributed by atoms with Gasteiger partial charge in [-0.2, -0.15) is 0 Å². The van der Waals surface area contributed by atoms with E-state index in [1.165, 1.54) is 12.0 Å². The fraction of sp³-hybridized carbons (Fsp3) is 0.267. The second kappa shape index (κ2) is 6.14. The van der Waals surface area contributed by atoms with Crippen LogP contribution < -0.4 is 0 Å². The molecule has 0 atom stereocenters. The average molecular weight is 272 g/mol. The number of hydrogen-bond acceptors (Lipinski definition) is 4. The van der Waals surface area contributed by atoms with Gasteiger partial charge < -0.3 is 9.64 Å². The van der Waals surface area contributed by atoms with Crippen molar-refractivity contribution in [3.8, 4) is 0 Å². The Morgan fingerprint density at radius 1 is 1.25 bits per heavy atom. The molecule has 0 aliphatic heterocycles. The van der Waals surface area contributed by atoms with Gasteiger partial charge in [0.05, 0.1) is 19.0 Å². The van der Waals surface area contributed by atoms with Gasteiger partial charge in [0, 0.05) is 30.7 Å². The number of fused-ring (bicyclic) bond motifs is 1. The van der Waals surface area contributed by atoms with E-state index in [1.54, 1.807) is 31.4 Å². The number of aromatic nitrogens is 1. The molecule has 104 valence electrons. The molecule has 1 amide bonds. The summed E-state index contributed by atoms with van der Waals surface area (Å²) in [6, 6.07) is 9.09. The topological polar surface area (TPSA) is 59.5 Å². The normalized spacial score (nSPS) is 10.3. The van der Waals surface area contributed by atoms with Crippen molar-refractivity contribution in [1.82, 2.24) is 9.88 Å². The Hall–Kier alpha value is -2.43. The molecule has 0 saturated heterocycles. The van der Waals surface area contributed by atoms with Crippen LogP contribution in [0.15, 0.2) is 36.5 Å². The van der Waals surface area contributed by atoms with Crippen molar-refractivity contribution >= 4 is 22.8 Å². The first-order valence-electron chi connectivity index (χ1n) is 6.29. The predicted molar refractivity (Wildman–Crippen MR) is 75.3 cm³/mol. The molecule has 1 aromatic carbocycles. The number of methoxy groups -OCH3 is 1. The number of esters is 1. The van der Waals surface area contributed by atoms with Gasteiger partial charge in [-0.1, -0.05) is 12.1 Å². The molecule has 0 bridgehead atoms. The van der Waals surface area contributed by atoms with Crippen molar-refractivity contribution in [2.75, 3.05) is 20.7 Å². The number of carbonyl (C=O) groups excluding carboxylic acids is 2. The third-order valence-electron chi connectivity index (χ3n) is 3.10. The van der Waals surface area contributed by atoms with Gasteiger partial charge in [-0.25, -0.2) is 0 Å². The zero-order valence-corrected chi connectivity index (χ0v) is 11.5. The van der Waals surface area contributed by atoms with Crippen molar-refractivity contribution in [2.24, 2.45) is 0 Å². The second-order valence-corrected chi connectivity index (χ2v) is 4.43. The Morgan fingerprint density at radius 3 is 2.80 bits per heavy atom. The maximum Gasteiger partial charge on any atom is 0.307 e. The van der Waals surface area contributed by atoms with Crippen LogP contribution in [-0.4, -0.2) is 42.5 Å². The number of carbonyl (C=O) groups is 2. The maximum absolute atomic E-state index is 12.4.